The number of aromatic nitrogens is 5. The molecule has 0 bridgehead atoms. The normalized spacial score (nSPS) is 19.6. The molecule has 0 radical (unpaired) electrons. The van der Waals surface area contributed by atoms with E-state index in [2.05, 4.69) is 30.7 Å². The summed E-state index contributed by atoms with van der Waals surface area (Å²) in [5, 5.41) is 14.7. The third-order valence-corrected chi connectivity index (χ3v) is 6.40. The number of hydrogen-bond donors (Lipinski definition) is 2. The Morgan fingerprint density at radius 1 is 1.16 bits per heavy atom. The van der Waals surface area contributed by atoms with Crippen LogP contribution in [0.25, 0.3) is 5.65 Å². The lowest BCUT2D eigenvalue weighted by Crippen LogP contribution is -2.34. The molecule has 10 nitrogen and oxygen atoms in total. The molecule has 2 aliphatic rings. The van der Waals surface area contributed by atoms with E-state index in [1.54, 1.807) is 33.9 Å². The van der Waals surface area contributed by atoms with Gasteiger partial charge in [-0.25, -0.2) is 9.50 Å². The van der Waals surface area contributed by atoms with Crippen molar-refractivity contribution in [2.75, 3.05) is 18.4 Å². The molecule has 4 heterocycles. The van der Waals surface area contributed by atoms with Crippen LogP contribution >= 0.6 is 0 Å². The first-order valence-electron chi connectivity index (χ1n) is 11.3. The van der Waals surface area contributed by atoms with E-state index in [0.29, 0.717) is 17.0 Å². The first kappa shape index (κ1) is 20.6. The molecule has 168 valence electrons. The second-order valence-electron chi connectivity index (χ2n) is 8.67. The second kappa shape index (κ2) is 8.70. The number of nitrogens with zero attached hydrogens (tertiary/aromatic N) is 6. The number of carbonyl (C=O) groups is 2. The van der Waals surface area contributed by atoms with Crippen LogP contribution < -0.4 is 10.6 Å². The Balaban J connectivity index is 1.33. The van der Waals surface area contributed by atoms with E-state index >= 15 is 0 Å². The van der Waals surface area contributed by atoms with Crippen molar-refractivity contribution in [3.8, 4) is 0 Å². The van der Waals surface area contributed by atoms with Crippen LogP contribution in [0.1, 0.15) is 60.6 Å². The number of anilines is 1. The minimum atomic E-state index is -0.116. The zero-order chi connectivity index (χ0) is 22.1. The van der Waals surface area contributed by atoms with E-state index in [4.69, 9.17) is 0 Å². The zero-order valence-electron chi connectivity index (χ0n) is 18.2. The Hall–Kier alpha value is -3.27. The first-order chi connectivity index (χ1) is 15.6. The molecule has 2 N–H and O–H groups in total. The average Bonchev–Trinajstić information content (AvgIpc) is 3.55. The topological polar surface area (TPSA) is 109 Å². The third kappa shape index (κ3) is 4.10. The van der Waals surface area contributed by atoms with Crippen LogP contribution in [0.15, 0.2) is 30.7 Å². The number of rotatable bonds is 6. The second-order valence-corrected chi connectivity index (χ2v) is 8.67. The van der Waals surface area contributed by atoms with E-state index in [1.165, 1.54) is 0 Å². The highest BCUT2D eigenvalue weighted by Crippen LogP contribution is 2.32. The lowest BCUT2D eigenvalue weighted by molar-refractivity contribution is -0.117. The summed E-state index contributed by atoms with van der Waals surface area (Å²) in [6.07, 6.45) is 11.4. The van der Waals surface area contributed by atoms with Crippen molar-refractivity contribution in [2.45, 2.75) is 50.6 Å². The van der Waals surface area contributed by atoms with Crippen LogP contribution in [0.4, 0.5) is 5.82 Å². The van der Waals surface area contributed by atoms with Crippen LogP contribution in [-0.2, 0) is 11.8 Å². The van der Waals surface area contributed by atoms with Crippen molar-refractivity contribution in [3.05, 3.63) is 42.0 Å². The zero-order valence-corrected chi connectivity index (χ0v) is 18.2. The van der Waals surface area contributed by atoms with E-state index in [9.17, 15) is 9.59 Å². The van der Waals surface area contributed by atoms with Crippen LogP contribution in [0.5, 0.6) is 0 Å². The summed E-state index contributed by atoms with van der Waals surface area (Å²) >= 11 is 0. The number of aryl methyl sites for hydroxylation is 1. The van der Waals surface area contributed by atoms with Crippen molar-refractivity contribution < 1.29 is 9.59 Å². The van der Waals surface area contributed by atoms with Gasteiger partial charge in [-0.3, -0.25) is 19.2 Å². The number of carbonyl (C=O) groups excluding carboxylic acids is 2. The van der Waals surface area contributed by atoms with Gasteiger partial charge in [-0.1, -0.05) is 12.8 Å². The van der Waals surface area contributed by atoms with Gasteiger partial charge in [-0.2, -0.15) is 10.2 Å². The minimum Gasteiger partial charge on any atom is -0.349 e. The first-order valence-corrected chi connectivity index (χ1v) is 11.3. The molecular weight excluding hydrogens is 408 g/mol. The maximum atomic E-state index is 12.8. The summed E-state index contributed by atoms with van der Waals surface area (Å²) in [5.41, 5.74) is 2.00. The largest absolute Gasteiger partial charge is 0.349 e. The summed E-state index contributed by atoms with van der Waals surface area (Å²) in [6.45, 7) is 1.09. The number of amides is 2. The third-order valence-electron chi connectivity index (χ3n) is 6.40. The molecular formula is C22H28N8O2. The predicted molar refractivity (Wildman–Crippen MR) is 118 cm³/mol. The average molecular weight is 437 g/mol. The van der Waals surface area contributed by atoms with Gasteiger partial charge in [-0.05, 0) is 38.3 Å². The van der Waals surface area contributed by atoms with E-state index in [-0.39, 0.29) is 30.4 Å². The fourth-order valence-corrected chi connectivity index (χ4v) is 4.85. The molecule has 1 aliphatic heterocycles. The smallest absolute Gasteiger partial charge is 0.256 e. The fourth-order valence-electron chi connectivity index (χ4n) is 4.85. The van der Waals surface area contributed by atoms with Gasteiger partial charge < -0.3 is 10.6 Å². The molecule has 3 aromatic rings. The number of fused-ring (bicyclic) bond motifs is 1. The Kier molecular flexibility index (Phi) is 5.60. The maximum absolute atomic E-state index is 12.8. The van der Waals surface area contributed by atoms with Gasteiger partial charge in [0.1, 0.15) is 5.56 Å². The molecule has 0 aromatic carbocycles. The summed E-state index contributed by atoms with van der Waals surface area (Å²) in [7, 11) is 1.81. The van der Waals surface area contributed by atoms with Crippen molar-refractivity contribution in [3.63, 3.8) is 0 Å². The summed E-state index contributed by atoms with van der Waals surface area (Å²) in [5.74, 6) is 0.331. The maximum Gasteiger partial charge on any atom is 0.256 e. The van der Waals surface area contributed by atoms with Gasteiger partial charge in [0.25, 0.3) is 5.91 Å². The molecule has 10 heteroatoms. The van der Waals surface area contributed by atoms with Gasteiger partial charge >= 0.3 is 0 Å². The van der Waals surface area contributed by atoms with Crippen molar-refractivity contribution in [1.82, 2.24) is 34.6 Å². The highest BCUT2D eigenvalue weighted by atomic mass is 16.2. The Labute approximate surface area is 186 Å². The summed E-state index contributed by atoms with van der Waals surface area (Å²) in [4.78, 5) is 32.0. The van der Waals surface area contributed by atoms with Crippen LogP contribution in [0.3, 0.4) is 0 Å². The van der Waals surface area contributed by atoms with Gasteiger partial charge in [0.05, 0.1) is 24.5 Å². The Morgan fingerprint density at radius 2 is 2.00 bits per heavy atom. The SMILES string of the molecule is Cn1ccc(NC(=O)CN2CCC[C@@H]2c2ccnc3c(C(=O)NC4CCCC4)cnn23)n1. The van der Waals surface area contributed by atoms with Crippen molar-refractivity contribution in [1.29, 1.82) is 0 Å². The van der Waals surface area contributed by atoms with Crippen LogP contribution in [0.2, 0.25) is 0 Å². The molecule has 0 spiro atoms. The van der Waals surface area contributed by atoms with Crippen LogP contribution in [0, 0.1) is 0 Å². The summed E-state index contributed by atoms with van der Waals surface area (Å²) in [6, 6.07) is 3.97. The molecule has 1 atom stereocenters. The number of nitrogens with one attached hydrogen (secondary N) is 2. The minimum absolute atomic E-state index is 0.0284. The molecule has 2 amide bonds. The Bertz CT molecular complexity index is 1130. The molecule has 32 heavy (non-hydrogen) atoms. The van der Waals surface area contributed by atoms with Gasteiger partial charge in [0, 0.05) is 31.5 Å². The van der Waals surface area contributed by atoms with Crippen LogP contribution in [-0.4, -0.2) is 60.2 Å². The van der Waals surface area contributed by atoms with Crippen molar-refractivity contribution in [2.24, 2.45) is 7.05 Å². The van der Waals surface area contributed by atoms with Gasteiger partial charge in [0.15, 0.2) is 11.5 Å². The molecule has 1 aliphatic carbocycles. The molecule has 5 rings (SSSR count). The Morgan fingerprint density at radius 3 is 2.78 bits per heavy atom. The summed E-state index contributed by atoms with van der Waals surface area (Å²) < 4.78 is 3.41. The fraction of sp³-hybridized carbons (Fsp3) is 0.500. The van der Waals surface area contributed by atoms with E-state index in [1.807, 2.05) is 13.1 Å². The lowest BCUT2D eigenvalue weighted by atomic mass is 10.1. The molecule has 1 saturated heterocycles. The van der Waals surface area contributed by atoms with Crippen molar-refractivity contribution >= 4 is 23.3 Å². The lowest BCUT2D eigenvalue weighted by Gasteiger charge is -2.24. The monoisotopic (exact) mass is 436 g/mol. The quantitative estimate of drug-likeness (QED) is 0.611. The highest BCUT2D eigenvalue weighted by Gasteiger charge is 2.31. The van der Waals surface area contributed by atoms with Gasteiger partial charge in [-0.15, -0.1) is 0 Å². The number of likely N-dealkylation sites (tertiary alicyclic amines) is 1. The van der Waals surface area contributed by atoms with E-state index < -0.39 is 0 Å². The predicted octanol–water partition coefficient (Wildman–Crippen LogP) is 1.91. The van der Waals surface area contributed by atoms with Gasteiger partial charge in [0.2, 0.25) is 5.91 Å². The van der Waals surface area contributed by atoms with E-state index in [0.717, 1.165) is 50.8 Å². The molecule has 0 unspecified atom stereocenters. The molecule has 3 aromatic heterocycles. The highest BCUT2D eigenvalue weighted by molar-refractivity contribution is 5.99. The molecule has 1 saturated carbocycles. The number of hydrogen-bond acceptors (Lipinski definition) is 6. The standard InChI is InChI=1S/C22H28N8O2/c1-28-12-9-19(27-28)26-20(31)14-29-11-4-7-17(29)18-8-10-23-21-16(13-24-30(18)21)22(32)25-15-5-2-3-6-15/h8-10,12-13,15,17H,2-7,11,14H2,1H3,(H,25,32)(H,26,27,31)/t17-/m1/s1. The molecule has 2 fully saturated rings.